The van der Waals surface area contributed by atoms with E-state index in [4.69, 9.17) is 24.4 Å². The maximum atomic E-state index is 12.3. The molecule has 0 aliphatic rings. The third kappa shape index (κ3) is 9.96. The van der Waals surface area contributed by atoms with Gasteiger partial charge in [0.05, 0.1) is 10.7 Å². The van der Waals surface area contributed by atoms with Crippen molar-refractivity contribution >= 4 is 68.6 Å². The van der Waals surface area contributed by atoms with Crippen molar-refractivity contribution in [3.05, 3.63) is 33.4 Å². The molecule has 27 heavy (non-hydrogen) atoms. The Morgan fingerprint density at radius 2 is 1.74 bits per heavy atom. The van der Waals surface area contributed by atoms with Crippen LogP contribution in [-0.2, 0) is 0 Å². The standard InChI is InChI=1S/C16H19F3IN5S2/c1-3-4-13(26)23-22-10(2)14(11-5-7-12(20)8-6-11)24-25-15(27)21-9-16(17,18)19/h5-8H,3-4,9H2,1-2H3,(H,23,26)(H2,21,25,27). The van der Waals surface area contributed by atoms with Crippen LogP contribution in [0.2, 0.25) is 0 Å². The molecule has 0 unspecified atom stereocenters. The molecular formula is C16H19F3IN5S2. The summed E-state index contributed by atoms with van der Waals surface area (Å²) in [5.41, 5.74) is 6.87. The van der Waals surface area contributed by atoms with Gasteiger partial charge in [0, 0.05) is 9.13 Å². The fraction of sp³-hybridized carbons (Fsp3) is 0.375. The van der Waals surface area contributed by atoms with Gasteiger partial charge in [-0.05, 0) is 66.7 Å². The summed E-state index contributed by atoms with van der Waals surface area (Å²) >= 11 is 12.2. The van der Waals surface area contributed by atoms with Gasteiger partial charge in [-0.3, -0.25) is 10.9 Å². The number of rotatable bonds is 7. The second kappa shape index (κ2) is 11.5. The van der Waals surface area contributed by atoms with Crippen molar-refractivity contribution < 1.29 is 13.2 Å². The van der Waals surface area contributed by atoms with Crippen LogP contribution >= 0.6 is 47.0 Å². The highest BCUT2D eigenvalue weighted by molar-refractivity contribution is 14.1. The van der Waals surface area contributed by atoms with Gasteiger partial charge in [0.2, 0.25) is 0 Å². The van der Waals surface area contributed by atoms with E-state index in [1.165, 1.54) is 0 Å². The van der Waals surface area contributed by atoms with Crippen LogP contribution in [0.4, 0.5) is 13.2 Å². The monoisotopic (exact) mass is 529 g/mol. The summed E-state index contributed by atoms with van der Waals surface area (Å²) in [5.74, 6) is 0. The van der Waals surface area contributed by atoms with E-state index in [0.29, 0.717) is 22.8 Å². The van der Waals surface area contributed by atoms with Crippen LogP contribution in [0.1, 0.15) is 32.3 Å². The predicted molar refractivity (Wildman–Crippen MR) is 119 cm³/mol. The normalized spacial score (nSPS) is 12.5. The SMILES string of the molecule is CCCC(=S)NN=C(C)C(=NNC(=S)NCC(F)(F)F)c1ccc(I)cc1. The first-order chi connectivity index (χ1) is 12.6. The molecule has 1 aromatic rings. The van der Waals surface area contributed by atoms with Gasteiger partial charge in [0.25, 0.3) is 0 Å². The molecule has 0 amide bonds. The molecule has 0 spiro atoms. The molecule has 0 bridgehead atoms. The molecule has 3 N–H and O–H groups in total. The molecule has 1 rings (SSSR count). The van der Waals surface area contributed by atoms with Crippen LogP contribution in [0, 0.1) is 3.57 Å². The van der Waals surface area contributed by atoms with Gasteiger partial charge < -0.3 is 5.32 Å². The zero-order chi connectivity index (χ0) is 20.4. The lowest BCUT2D eigenvalue weighted by Crippen LogP contribution is -2.39. The van der Waals surface area contributed by atoms with Gasteiger partial charge in [0.1, 0.15) is 12.3 Å². The maximum Gasteiger partial charge on any atom is 0.405 e. The molecule has 0 saturated heterocycles. The Hall–Kier alpha value is -1.34. The number of hydrogen-bond acceptors (Lipinski definition) is 4. The van der Waals surface area contributed by atoms with Gasteiger partial charge in [-0.2, -0.15) is 23.4 Å². The van der Waals surface area contributed by atoms with Crippen molar-refractivity contribution in [2.24, 2.45) is 10.2 Å². The van der Waals surface area contributed by atoms with E-state index in [2.05, 4.69) is 49.0 Å². The largest absolute Gasteiger partial charge is 0.405 e. The highest BCUT2D eigenvalue weighted by Gasteiger charge is 2.27. The van der Waals surface area contributed by atoms with Gasteiger partial charge in [-0.25, -0.2) is 0 Å². The number of thiocarbonyl (C=S) groups is 2. The number of halogens is 4. The fourth-order valence-electron chi connectivity index (χ4n) is 1.77. The van der Waals surface area contributed by atoms with Gasteiger partial charge in [-0.15, -0.1) is 0 Å². The topological polar surface area (TPSA) is 60.8 Å². The molecule has 0 aliphatic carbocycles. The average Bonchev–Trinajstić information content (AvgIpc) is 2.59. The molecule has 0 heterocycles. The molecular weight excluding hydrogens is 510 g/mol. The van der Waals surface area contributed by atoms with Crippen molar-refractivity contribution in [3.63, 3.8) is 0 Å². The number of nitrogens with one attached hydrogen (secondary N) is 3. The van der Waals surface area contributed by atoms with Crippen molar-refractivity contribution in [1.82, 2.24) is 16.2 Å². The maximum absolute atomic E-state index is 12.3. The average molecular weight is 529 g/mol. The Labute approximate surface area is 180 Å². The quantitative estimate of drug-likeness (QED) is 0.215. The number of hydrogen-bond donors (Lipinski definition) is 3. The number of nitrogens with zero attached hydrogens (tertiary/aromatic N) is 2. The van der Waals surface area contributed by atoms with Crippen molar-refractivity contribution in [2.45, 2.75) is 32.9 Å². The summed E-state index contributed by atoms with van der Waals surface area (Å²) in [5, 5.41) is 10.2. The summed E-state index contributed by atoms with van der Waals surface area (Å²) < 4.78 is 37.8. The van der Waals surface area contributed by atoms with Crippen molar-refractivity contribution in [2.75, 3.05) is 6.54 Å². The Kier molecular flexibility index (Phi) is 10.1. The van der Waals surface area contributed by atoms with Crippen molar-refractivity contribution in [1.29, 1.82) is 0 Å². The summed E-state index contributed by atoms with van der Waals surface area (Å²) in [7, 11) is 0. The van der Waals surface area contributed by atoms with Gasteiger partial charge in [-0.1, -0.05) is 31.3 Å². The Balaban J connectivity index is 2.97. The second-order valence-corrected chi connectivity index (χ2v) is 7.51. The first-order valence-electron chi connectivity index (χ1n) is 7.90. The first-order valence-corrected chi connectivity index (χ1v) is 9.79. The minimum atomic E-state index is -4.37. The fourth-order valence-corrected chi connectivity index (χ4v) is 2.50. The van der Waals surface area contributed by atoms with Gasteiger partial charge in [0.15, 0.2) is 5.11 Å². The van der Waals surface area contributed by atoms with E-state index < -0.39 is 12.7 Å². The van der Waals surface area contributed by atoms with E-state index >= 15 is 0 Å². The second-order valence-electron chi connectivity index (χ2n) is 5.36. The highest BCUT2D eigenvalue weighted by Crippen LogP contribution is 2.12. The first kappa shape index (κ1) is 23.7. The van der Waals surface area contributed by atoms with Gasteiger partial charge >= 0.3 is 6.18 Å². The molecule has 148 valence electrons. The zero-order valence-corrected chi connectivity index (χ0v) is 18.4. The molecule has 0 aliphatic heterocycles. The third-order valence-electron chi connectivity index (χ3n) is 3.00. The minimum absolute atomic E-state index is 0.238. The molecule has 0 saturated carbocycles. The summed E-state index contributed by atoms with van der Waals surface area (Å²) in [6, 6.07) is 7.43. The lowest BCUT2D eigenvalue weighted by Gasteiger charge is -2.12. The van der Waals surface area contributed by atoms with E-state index in [9.17, 15) is 13.2 Å². The molecule has 0 radical (unpaired) electrons. The van der Waals surface area contributed by atoms with Crippen molar-refractivity contribution in [3.8, 4) is 0 Å². The van der Waals surface area contributed by atoms with Crippen LogP contribution < -0.4 is 16.2 Å². The Morgan fingerprint density at radius 3 is 2.30 bits per heavy atom. The highest BCUT2D eigenvalue weighted by atomic mass is 127. The van der Waals surface area contributed by atoms with Crippen LogP contribution in [0.15, 0.2) is 34.5 Å². The third-order valence-corrected chi connectivity index (χ3v) is 4.25. The van der Waals surface area contributed by atoms with E-state index in [1.54, 1.807) is 6.92 Å². The van der Waals surface area contributed by atoms with E-state index in [1.807, 2.05) is 31.2 Å². The number of hydrazone groups is 2. The zero-order valence-electron chi connectivity index (χ0n) is 14.7. The minimum Gasteiger partial charge on any atom is -0.352 e. The Bertz CT molecular complexity index is 718. The molecule has 1 aromatic carbocycles. The van der Waals surface area contributed by atoms with E-state index in [-0.39, 0.29) is 5.11 Å². The number of alkyl halides is 3. The molecule has 0 aromatic heterocycles. The molecule has 0 atom stereocenters. The smallest absolute Gasteiger partial charge is 0.352 e. The summed E-state index contributed by atoms with van der Waals surface area (Å²) in [6.07, 6.45) is -2.78. The van der Waals surface area contributed by atoms with Crippen LogP contribution in [0.3, 0.4) is 0 Å². The summed E-state index contributed by atoms with van der Waals surface area (Å²) in [4.78, 5) is 0.592. The summed E-state index contributed by atoms with van der Waals surface area (Å²) in [6.45, 7) is 2.47. The van der Waals surface area contributed by atoms with Crippen LogP contribution in [-0.4, -0.2) is 34.2 Å². The lowest BCUT2D eigenvalue weighted by molar-refractivity contribution is -0.122. The van der Waals surface area contributed by atoms with Crippen LogP contribution in [0.25, 0.3) is 0 Å². The molecule has 11 heteroatoms. The van der Waals surface area contributed by atoms with Crippen LogP contribution in [0.5, 0.6) is 0 Å². The lowest BCUT2D eigenvalue weighted by atomic mass is 10.1. The molecule has 0 fully saturated rings. The van der Waals surface area contributed by atoms with E-state index in [0.717, 1.165) is 15.6 Å². The molecule has 5 nitrogen and oxygen atoms in total. The predicted octanol–water partition coefficient (Wildman–Crippen LogP) is 4.11. The Morgan fingerprint density at radius 1 is 1.11 bits per heavy atom. The number of benzene rings is 1.